The van der Waals surface area contributed by atoms with E-state index in [-0.39, 0.29) is 23.1 Å². The van der Waals surface area contributed by atoms with Gasteiger partial charge in [-0.3, -0.25) is 14.4 Å². The fourth-order valence-electron chi connectivity index (χ4n) is 5.53. The number of carbonyl (C=O) groups excluding carboxylic acids is 2. The fraction of sp³-hybridized carbons (Fsp3) is 0.500. The van der Waals surface area contributed by atoms with Gasteiger partial charge in [0.1, 0.15) is 9.32 Å². The number of amides is 2. The molecule has 4 heterocycles. The van der Waals surface area contributed by atoms with Gasteiger partial charge in [-0.15, -0.1) is 11.3 Å². The van der Waals surface area contributed by atoms with Crippen LogP contribution in [-0.2, 0) is 24.2 Å². The first kappa shape index (κ1) is 23.6. The number of nitrogens with one attached hydrogen (secondary N) is 1. The Morgan fingerprint density at radius 2 is 2.12 bits per heavy atom. The SMILES string of the molecule is C[C@@H]1CCc2c(sc(NC(=O)CSC(=S)N3C[C@H]4C[C@@H](C3)c3cccc(=O)n3C4)c2C(N)=O)C1. The highest BCUT2D eigenvalue weighted by molar-refractivity contribution is 8.23. The van der Waals surface area contributed by atoms with Crippen molar-refractivity contribution in [2.24, 2.45) is 17.6 Å². The van der Waals surface area contributed by atoms with Gasteiger partial charge >= 0.3 is 0 Å². The lowest BCUT2D eigenvalue weighted by molar-refractivity contribution is -0.113. The Morgan fingerprint density at radius 3 is 2.91 bits per heavy atom. The summed E-state index contributed by atoms with van der Waals surface area (Å²) in [5, 5.41) is 3.49. The predicted octanol–water partition coefficient (Wildman–Crippen LogP) is 3.21. The average molecular weight is 517 g/mol. The standard InChI is InChI=1S/C24H28N4O3S3/c1-13-5-6-16-18(7-13)34-23(21(16)22(25)31)26-19(29)12-33-24(32)27-9-14-8-15(11-27)17-3-2-4-20(30)28(17)10-14/h2-4,13-15H,5-12H2,1H3,(H2,25,31)(H,26,29)/t13-,14-,15+/m1/s1. The molecular weight excluding hydrogens is 488 g/mol. The highest BCUT2D eigenvalue weighted by Gasteiger charge is 2.35. The minimum atomic E-state index is -0.482. The van der Waals surface area contributed by atoms with E-state index in [9.17, 15) is 14.4 Å². The molecule has 0 aromatic carbocycles. The molecule has 7 nitrogen and oxygen atoms in total. The summed E-state index contributed by atoms with van der Waals surface area (Å²) in [5.41, 5.74) is 8.29. The van der Waals surface area contributed by atoms with Crippen LogP contribution < -0.4 is 16.6 Å². The van der Waals surface area contributed by atoms with Gasteiger partial charge in [0.2, 0.25) is 5.91 Å². The van der Waals surface area contributed by atoms with E-state index in [4.69, 9.17) is 18.0 Å². The summed E-state index contributed by atoms with van der Waals surface area (Å²) < 4.78 is 2.60. The van der Waals surface area contributed by atoms with Crippen molar-refractivity contribution in [1.82, 2.24) is 9.47 Å². The van der Waals surface area contributed by atoms with Crippen LogP contribution in [0.1, 0.15) is 52.2 Å². The third-order valence-electron chi connectivity index (χ3n) is 7.08. The number of pyridine rings is 1. The van der Waals surface area contributed by atoms with Crippen molar-refractivity contribution in [3.63, 3.8) is 0 Å². The number of anilines is 1. The summed E-state index contributed by atoms with van der Waals surface area (Å²) in [6.45, 7) is 4.48. The molecule has 0 unspecified atom stereocenters. The maximum Gasteiger partial charge on any atom is 0.251 e. The van der Waals surface area contributed by atoms with Crippen molar-refractivity contribution in [3.05, 3.63) is 50.3 Å². The number of thiophene rings is 1. The quantitative estimate of drug-likeness (QED) is 0.606. The first-order chi connectivity index (χ1) is 16.3. The van der Waals surface area contributed by atoms with E-state index < -0.39 is 5.91 Å². The van der Waals surface area contributed by atoms with Crippen molar-refractivity contribution in [3.8, 4) is 0 Å². The summed E-state index contributed by atoms with van der Waals surface area (Å²) in [6.07, 6.45) is 3.83. The number of hydrogen-bond donors (Lipinski definition) is 2. The van der Waals surface area contributed by atoms with Gasteiger partial charge in [-0.1, -0.05) is 37.0 Å². The first-order valence-corrected chi connectivity index (χ1v) is 13.9. The van der Waals surface area contributed by atoms with Crippen molar-refractivity contribution < 1.29 is 9.59 Å². The van der Waals surface area contributed by atoms with E-state index >= 15 is 0 Å². The third-order valence-corrected chi connectivity index (χ3v) is 9.77. The highest BCUT2D eigenvalue weighted by Crippen LogP contribution is 2.40. The molecule has 5 rings (SSSR count). The second-order valence-electron chi connectivity index (χ2n) is 9.63. The molecule has 2 aromatic heterocycles. The molecule has 2 aliphatic heterocycles. The van der Waals surface area contributed by atoms with Gasteiger partial charge in [-0.2, -0.15) is 0 Å². The van der Waals surface area contributed by atoms with Crippen LogP contribution in [-0.4, -0.2) is 44.4 Å². The lowest BCUT2D eigenvalue weighted by Gasteiger charge is -2.43. The van der Waals surface area contributed by atoms with Crippen LogP contribution in [0.4, 0.5) is 5.00 Å². The third kappa shape index (κ3) is 4.55. The monoisotopic (exact) mass is 516 g/mol. The van der Waals surface area contributed by atoms with Gasteiger partial charge < -0.3 is 20.5 Å². The average Bonchev–Trinajstić information content (AvgIpc) is 3.15. The van der Waals surface area contributed by atoms with Crippen LogP contribution in [0.3, 0.4) is 0 Å². The molecule has 0 spiro atoms. The summed E-state index contributed by atoms with van der Waals surface area (Å²) in [5.74, 6) is 0.722. The number of thiocarbonyl (C=S) groups is 1. The van der Waals surface area contributed by atoms with Gasteiger partial charge in [0.25, 0.3) is 11.5 Å². The minimum absolute atomic E-state index is 0.0642. The number of nitrogens with zero attached hydrogens (tertiary/aromatic N) is 2. The molecule has 3 atom stereocenters. The van der Waals surface area contributed by atoms with E-state index in [1.165, 1.54) is 23.1 Å². The molecule has 2 bridgehead atoms. The minimum Gasteiger partial charge on any atom is -0.365 e. The van der Waals surface area contributed by atoms with E-state index in [1.807, 2.05) is 16.7 Å². The number of hydrogen-bond acceptors (Lipinski definition) is 6. The van der Waals surface area contributed by atoms with Crippen LogP contribution in [0.5, 0.6) is 0 Å². The lowest BCUT2D eigenvalue weighted by atomic mass is 9.83. The molecule has 1 fully saturated rings. The fourth-order valence-corrected chi connectivity index (χ4v) is 7.94. The van der Waals surface area contributed by atoms with Crippen LogP contribution in [0.25, 0.3) is 0 Å². The van der Waals surface area contributed by atoms with Gasteiger partial charge in [0, 0.05) is 42.2 Å². The number of primary amides is 1. The second-order valence-corrected chi connectivity index (χ2v) is 12.3. The molecule has 1 aliphatic carbocycles. The molecule has 10 heteroatoms. The Hall–Kier alpha value is -2.17. The summed E-state index contributed by atoms with van der Waals surface area (Å²) >= 11 is 8.50. The van der Waals surface area contributed by atoms with Crippen LogP contribution in [0, 0.1) is 11.8 Å². The van der Waals surface area contributed by atoms with Crippen molar-refractivity contribution in [2.75, 3.05) is 24.2 Å². The predicted molar refractivity (Wildman–Crippen MR) is 141 cm³/mol. The Bertz CT molecular complexity index is 1220. The second kappa shape index (κ2) is 9.47. The van der Waals surface area contributed by atoms with Crippen LogP contribution >= 0.6 is 35.3 Å². The van der Waals surface area contributed by atoms with E-state index in [0.717, 1.165) is 54.9 Å². The molecule has 2 aromatic rings. The zero-order valence-corrected chi connectivity index (χ0v) is 21.5. The van der Waals surface area contributed by atoms with Crippen LogP contribution in [0.2, 0.25) is 0 Å². The lowest BCUT2D eigenvalue weighted by Crippen LogP contribution is -2.48. The number of thioether (sulfide) groups is 1. The molecule has 3 N–H and O–H groups in total. The molecular formula is C24H28N4O3S3. The van der Waals surface area contributed by atoms with Crippen molar-refractivity contribution in [1.29, 1.82) is 0 Å². The maximum absolute atomic E-state index is 12.8. The Kier molecular flexibility index (Phi) is 6.56. The molecule has 0 radical (unpaired) electrons. The highest BCUT2D eigenvalue weighted by atomic mass is 32.2. The Morgan fingerprint density at radius 1 is 1.29 bits per heavy atom. The zero-order chi connectivity index (χ0) is 24.0. The molecule has 0 saturated carbocycles. The largest absolute Gasteiger partial charge is 0.365 e. The van der Waals surface area contributed by atoms with E-state index in [0.29, 0.717) is 33.3 Å². The Balaban J connectivity index is 1.21. The number of aromatic nitrogens is 1. The number of piperidine rings is 1. The molecule has 1 saturated heterocycles. The molecule has 34 heavy (non-hydrogen) atoms. The topological polar surface area (TPSA) is 97.4 Å². The van der Waals surface area contributed by atoms with Gasteiger partial charge in [-0.25, -0.2) is 0 Å². The van der Waals surface area contributed by atoms with Crippen LogP contribution in [0.15, 0.2) is 23.0 Å². The van der Waals surface area contributed by atoms with Crippen molar-refractivity contribution >= 4 is 56.5 Å². The maximum atomic E-state index is 12.8. The molecule has 2 amide bonds. The van der Waals surface area contributed by atoms with Crippen molar-refractivity contribution in [2.45, 2.75) is 45.1 Å². The normalized spacial score (nSPS) is 23.1. The first-order valence-electron chi connectivity index (χ1n) is 11.7. The number of nitrogens with two attached hydrogens (primary N) is 1. The Labute approximate surface area is 212 Å². The molecule has 3 aliphatic rings. The van der Waals surface area contributed by atoms with E-state index in [1.54, 1.807) is 6.07 Å². The van der Waals surface area contributed by atoms with E-state index in [2.05, 4.69) is 17.1 Å². The van der Waals surface area contributed by atoms with Gasteiger partial charge in [0.15, 0.2) is 0 Å². The smallest absolute Gasteiger partial charge is 0.251 e. The summed E-state index contributed by atoms with van der Waals surface area (Å²) in [7, 11) is 0. The van der Waals surface area contributed by atoms with Gasteiger partial charge in [0.05, 0.1) is 11.3 Å². The number of likely N-dealkylation sites (tertiary alicyclic amines) is 1. The number of fused-ring (bicyclic) bond motifs is 5. The summed E-state index contributed by atoms with van der Waals surface area (Å²) in [6, 6.07) is 5.48. The van der Waals surface area contributed by atoms with Gasteiger partial charge in [-0.05, 0) is 49.1 Å². The summed E-state index contributed by atoms with van der Waals surface area (Å²) in [4.78, 5) is 40.4. The molecule has 180 valence electrons. The number of carbonyl (C=O) groups is 2. The number of rotatable bonds is 4. The zero-order valence-electron chi connectivity index (χ0n) is 19.0.